The second kappa shape index (κ2) is 7.69. The molecule has 5 heteroatoms. The normalized spacial score (nSPS) is 27.6. The molecule has 2 N–H and O–H groups in total. The van der Waals surface area contributed by atoms with Crippen LogP contribution in [0.1, 0.15) is 39.5 Å². The molecular weight excluding hydrogens is 237 g/mol. The molecule has 18 heavy (non-hydrogen) atoms. The van der Waals surface area contributed by atoms with Gasteiger partial charge in [-0.1, -0.05) is 6.42 Å². The zero-order valence-electron chi connectivity index (χ0n) is 11.2. The minimum Gasteiger partial charge on any atom is -0.464 e. The molecule has 0 aromatic rings. The first kappa shape index (κ1) is 15.4. The lowest BCUT2D eigenvalue weighted by Crippen LogP contribution is -2.43. The molecule has 1 aliphatic carbocycles. The molecule has 4 unspecified atom stereocenters. The highest BCUT2D eigenvalue weighted by Gasteiger charge is 2.27. The average Bonchev–Trinajstić information content (AvgIpc) is 2.35. The lowest BCUT2D eigenvalue weighted by Gasteiger charge is -2.27. The maximum absolute atomic E-state index is 13.6. The lowest BCUT2D eigenvalue weighted by molar-refractivity contribution is -0.150. The number of aliphatic hydroxyl groups is 1. The standard InChI is InChI=1S/C13H24FNO3/c1-3-18-13(17)12(14)9(2)15-8-10-5-4-6-11(16)7-10/h9-12,15-16H,3-8H2,1-2H3. The Hall–Kier alpha value is -0.680. The van der Waals surface area contributed by atoms with Crippen molar-refractivity contribution in [3.05, 3.63) is 0 Å². The Bertz CT molecular complexity index is 263. The first-order chi connectivity index (χ1) is 8.54. The largest absolute Gasteiger partial charge is 0.464 e. The van der Waals surface area contributed by atoms with E-state index in [1.54, 1.807) is 13.8 Å². The smallest absolute Gasteiger partial charge is 0.342 e. The molecular formula is C13H24FNO3. The molecule has 0 radical (unpaired) electrons. The van der Waals surface area contributed by atoms with E-state index in [0.29, 0.717) is 12.5 Å². The summed E-state index contributed by atoms with van der Waals surface area (Å²) in [7, 11) is 0. The highest BCUT2D eigenvalue weighted by molar-refractivity contribution is 5.75. The molecule has 0 aromatic carbocycles. The van der Waals surface area contributed by atoms with E-state index >= 15 is 0 Å². The van der Waals surface area contributed by atoms with E-state index in [9.17, 15) is 14.3 Å². The number of aliphatic hydroxyl groups excluding tert-OH is 1. The minimum atomic E-state index is -1.63. The van der Waals surface area contributed by atoms with Gasteiger partial charge in [0.1, 0.15) is 0 Å². The summed E-state index contributed by atoms with van der Waals surface area (Å²) in [6.07, 6.45) is 1.83. The van der Waals surface area contributed by atoms with Gasteiger partial charge < -0.3 is 15.2 Å². The maximum Gasteiger partial charge on any atom is 0.342 e. The summed E-state index contributed by atoms with van der Waals surface area (Å²) in [6, 6.07) is -0.553. The van der Waals surface area contributed by atoms with Crippen molar-refractivity contribution in [3.63, 3.8) is 0 Å². The van der Waals surface area contributed by atoms with Crippen molar-refractivity contribution in [1.29, 1.82) is 0 Å². The van der Waals surface area contributed by atoms with Gasteiger partial charge >= 0.3 is 5.97 Å². The Morgan fingerprint density at radius 2 is 2.28 bits per heavy atom. The van der Waals surface area contributed by atoms with Crippen LogP contribution in [0.25, 0.3) is 0 Å². The van der Waals surface area contributed by atoms with Crippen LogP contribution in [-0.4, -0.2) is 42.5 Å². The summed E-state index contributed by atoms with van der Waals surface area (Å²) in [5.41, 5.74) is 0. The molecule has 0 heterocycles. The molecule has 106 valence electrons. The van der Waals surface area contributed by atoms with Gasteiger partial charge in [0, 0.05) is 6.04 Å². The SMILES string of the molecule is CCOC(=O)C(F)C(C)NCC1CCCC(O)C1. The van der Waals surface area contributed by atoms with E-state index in [-0.39, 0.29) is 12.7 Å². The van der Waals surface area contributed by atoms with Crippen LogP contribution < -0.4 is 5.32 Å². The first-order valence-electron chi connectivity index (χ1n) is 6.76. The van der Waals surface area contributed by atoms with Crippen LogP contribution in [0.4, 0.5) is 4.39 Å². The van der Waals surface area contributed by atoms with Crippen LogP contribution in [0.5, 0.6) is 0 Å². The van der Waals surface area contributed by atoms with Crippen LogP contribution in [0.3, 0.4) is 0 Å². The molecule has 1 aliphatic rings. The molecule has 4 atom stereocenters. The number of hydrogen-bond donors (Lipinski definition) is 2. The Labute approximate surface area is 108 Å². The summed E-state index contributed by atoms with van der Waals surface area (Å²) >= 11 is 0. The van der Waals surface area contributed by atoms with Gasteiger partial charge in [-0.25, -0.2) is 9.18 Å². The maximum atomic E-state index is 13.6. The molecule has 0 saturated heterocycles. The van der Waals surface area contributed by atoms with Gasteiger partial charge in [0.05, 0.1) is 12.7 Å². The third-order valence-corrected chi connectivity index (χ3v) is 3.43. The van der Waals surface area contributed by atoms with Gasteiger partial charge in [0.15, 0.2) is 0 Å². The molecule has 1 rings (SSSR count). The summed E-state index contributed by atoms with van der Waals surface area (Å²) in [5, 5.41) is 12.6. The number of ether oxygens (including phenoxy) is 1. The van der Waals surface area contributed by atoms with Gasteiger partial charge in [-0.15, -0.1) is 0 Å². The molecule has 0 amide bonds. The first-order valence-corrected chi connectivity index (χ1v) is 6.76. The van der Waals surface area contributed by atoms with Crippen LogP contribution in [0.2, 0.25) is 0 Å². The zero-order valence-corrected chi connectivity index (χ0v) is 11.2. The number of esters is 1. The van der Waals surface area contributed by atoms with E-state index in [0.717, 1.165) is 25.7 Å². The van der Waals surface area contributed by atoms with Crippen molar-refractivity contribution >= 4 is 5.97 Å². The summed E-state index contributed by atoms with van der Waals surface area (Å²) in [4.78, 5) is 11.2. The molecule has 0 spiro atoms. The van der Waals surface area contributed by atoms with Gasteiger partial charge in [-0.2, -0.15) is 0 Å². The van der Waals surface area contributed by atoms with Gasteiger partial charge in [-0.05, 0) is 45.6 Å². The third-order valence-electron chi connectivity index (χ3n) is 3.43. The van der Waals surface area contributed by atoms with Crippen molar-refractivity contribution in [2.45, 2.75) is 57.8 Å². The Kier molecular flexibility index (Phi) is 6.57. The van der Waals surface area contributed by atoms with E-state index in [2.05, 4.69) is 10.1 Å². The van der Waals surface area contributed by atoms with Crippen LogP contribution >= 0.6 is 0 Å². The van der Waals surface area contributed by atoms with E-state index in [1.165, 1.54) is 0 Å². The average molecular weight is 261 g/mol. The highest BCUT2D eigenvalue weighted by Crippen LogP contribution is 2.23. The number of carbonyl (C=O) groups excluding carboxylic acids is 1. The second-order valence-corrected chi connectivity index (χ2v) is 5.04. The van der Waals surface area contributed by atoms with Crippen molar-refractivity contribution < 1.29 is 19.0 Å². The summed E-state index contributed by atoms with van der Waals surface area (Å²) in [6.45, 7) is 4.13. The molecule has 0 aromatic heterocycles. The Balaban J connectivity index is 2.27. The van der Waals surface area contributed by atoms with Crippen LogP contribution in [0.15, 0.2) is 0 Å². The fourth-order valence-corrected chi connectivity index (χ4v) is 2.33. The predicted octanol–water partition coefficient (Wildman–Crippen LogP) is 1.42. The summed E-state index contributed by atoms with van der Waals surface area (Å²) < 4.78 is 18.3. The number of alkyl halides is 1. The van der Waals surface area contributed by atoms with E-state index in [4.69, 9.17) is 0 Å². The van der Waals surface area contributed by atoms with Crippen LogP contribution in [0, 0.1) is 5.92 Å². The molecule has 1 saturated carbocycles. The number of nitrogens with one attached hydrogen (secondary N) is 1. The fraction of sp³-hybridized carbons (Fsp3) is 0.923. The second-order valence-electron chi connectivity index (χ2n) is 5.04. The highest BCUT2D eigenvalue weighted by atomic mass is 19.1. The quantitative estimate of drug-likeness (QED) is 0.710. The van der Waals surface area contributed by atoms with E-state index < -0.39 is 18.2 Å². The fourth-order valence-electron chi connectivity index (χ4n) is 2.33. The summed E-state index contributed by atoms with van der Waals surface area (Å²) in [5.74, 6) is -0.438. The number of carbonyl (C=O) groups is 1. The third kappa shape index (κ3) is 4.90. The van der Waals surface area contributed by atoms with Crippen LogP contribution in [-0.2, 0) is 9.53 Å². The van der Waals surface area contributed by atoms with E-state index in [1.807, 2.05) is 0 Å². The molecule has 0 aliphatic heterocycles. The van der Waals surface area contributed by atoms with Crippen molar-refractivity contribution in [2.24, 2.45) is 5.92 Å². The van der Waals surface area contributed by atoms with Crippen molar-refractivity contribution in [2.75, 3.05) is 13.2 Å². The van der Waals surface area contributed by atoms with Crippen molar-refractivity contribution in [3.8, 4) is 0 Å². The molecule has 1 fully saturated rings. The molecule has 0 bridgehead atoms. The zero-order chi connectivity index (χ0) is 13.5. The van der Waals surface area contributed by atoms with Crippen molar-refractivity contribution in [1.82, 2.24) is 5.32 Å². The van der Waals surface area contributed by atoms with Gasteiger partial charge in [-0.3, -0.25) is 0 Å². The predicted molar refractivity (Wildman–Crippen MR) is 67.0 cm³/mol. The molecule has 4 nitrogen and oxygen atoms in total. The Morgan fingerprint density at radius 3 is 2.89 bits per heavy atom. The van der Waals surface area contributed by atoms with Gasteiger partial charge in [0.2, 0.25) is 6.17 Å². The number of hydrogen-bond acceptors (Lipinski definition) is 4. The van der Waals surface area contributed by atoms with Gasteiger partial charge in [0.25, 0.3) is 0 Å². The number of halogens is 1. The number of rotatable bonds is 6. The Morgan fingerprint density at radius 1 is 1.56 bits per heavy atom. The topological polar surface area (TPSA) is 58.6 Å². The monoisotopic (exact) mass is 261 g/mol. The minimum absolute atomic E-state index is 0.195. The lowest BCUT2D eigenvalue weighted by atomic mass is 9.87.